The van der Waals surface area contributed by atoms with Gasteiger partial charge in [-0.2, -0.15) is 0 Å². The van der Waals surface area contributed by atoms with Gasteiger partial charge in [0, 0.05) is 18.9 Å². The van der Waals surface area contributed by atoms with E-state index < -0.39 is 18.0 Å². The number of benzene rings is 1. The van der Waals surface area contributed by atoms with E-state index in [2.05, 4.69) is 10.6 Å². The average Bonchev–Trinajstić information content (AvgIpc) is 3.16. The van der Waals surface area contributed by atoms with E-state index in [0.717, 1.165) is 10.6 Å². The smallest absolute Gasteiger partial charge is 0.329 e. The summed E-state index contributed by atoms with van der Waals surface area (Å²) >= 11 is 0. The van der Waals surface area contributed by atoms with Crippen LogP contribution in [-0.2, 0) is 23.2 Å². The van der Waals surface area contributed by atoms with Crippen LogP contribution in [-0.4, -0.2) is 35.6 Å². The van der Waals surface area contributed by atoms with E-state index in [1.807, 2.05) is 29.9 Å². The molecule has 2 heterocycles. The summed E-state index contributed by atoms with van der Waals surface area (Å²) < 4.78 is 6.96. The van der Waals surface area contributed by atoms with Gasteiger partial charge in [-0.1, -0.05) is 0 Å². The molecule has 0 aliphatic carbocycles. The minimum atomic E-state index is -0.877. The van der Waals surface area contributed by atoms with E-state index in [-0.39, 0.29) is 12.3 Å². The van der Waals surface area contributed by atoms with Gasteiger partial charge in [-0.25, -0.2) is 9.69 Å². The Morgan fingerprint density at radius 2 is 1.96 bits per heavy atom. The summed E-state index contributed by atoms with van der Waals surface area (Å²) in [5.74, 6) is -0.131. The molecule has 2 aromatic rings. The van der Waals surface area contributed by atoms with Crippen LogP contribution in [0.15, 0.2) is 42.6 Å². The maximum Gasteiger partial charge on any atom is 0.329 e. The average molecular weight is 356 g/mol. The zero-order valence-electron chi connectivity index (χ0n) is 14.6. The second-order valence-corrected chi connectivity index (χ2v) is 5.97. The van der Waals surface area contributed by atoms with Crippen LogP contribution in [0.3, 0.4) is 0 Å². The minimum absolute atomic E-state index is 0.109. The Labute approximate surface area is 150 Å². The van der Waals surface area contributed by atoms with E-state index in [4.69, 9.17) is 4.74 Å². The molecular weight excluding hydrogens is 336 g/mol. The first-order valence-corrected chi connectivity index (χ1v) is 8.15. The maximum absolute atomic E-state index is 12.5. The molecule has 1 fully saturated rings. The summed E-state index contributed by atoms with van der Waals surface area (Å²) in [7, 11) is 3.42. The number of nitrogens with zero attached hydrogens (tertiary/aromatic N) is 2. The molecular formula is C18H20N4O4. The van der Waals surface area contributed by atoms with Crippen LogP contribution in [0.5, 0.6) is 5.75 Å². The molecule has 1 atom stereocenters. The van der Waals surface area contributed by atoms with Crippen molar-refractivity contribution in [2.24, 2.45) is 7.05 Å². The van der Waals surface area contributed by atoms with E-state index in [0.29, 0.717) is 18.0 Å². The lowest BCUT2D eigenvalue weighted by Crippen LogP contribution is -2.36. The van der Waals surface area contributed by atoms with Crippen LogP contribution in [0.2, 0.25) is 0 Å². The van der Waals surface area contributed by atoms with Crippen LogP contribution in [0.1, 0.15) is 12.1 Å². The molecule has 3 rings (SSSR count). The fraction of sp³-hybridized carbons (Fsp3) is 0.278. The molecule has 8 nitrogen and oxygen atoms in total. The van der Waals surface area contributed by atoms with Gasteiger partial charge in [0.05, 0.1) is 25.8 Å². The normalized spacial score (nSPS) is 16.5. The number of hydrogen-bond donors (Lipinski definition) is 2. The van der Waals surface area contributed by atoms with Crippen LogP contribution in [0.25, 0.3) is 0 Å². The number of carbonyl (C=O) groups is 3. The molecule has 1 aliphatic rings. The molecule has 1 aromatic heterocycles. The van der Waals surface area contributed by atoms with Gasteiger partial charge in [-0.15, -0.1) is 0 Å². The molecule has 26 heavy (non-hydrogen) atoms. The largest absolute Gasteiger partial charge is 0.497 e. The zero-order valence-corrected chi connectivity index (χ0v) is 14.6. The van der Waals surface area contributed by atoms with Gasteiger partial charge < -0.3 is 19.9 Å². The molecule has 2 N–H and O–H groups in total. The van der Waals surface area contributed by atoms with E-state index in [9.17, 15) is 14.4 Å². The second-order valence-electron chi connectivity index (χ2n) is 5.97. The fourth-order valence-electron chi connectivity index (χ4n) is 2.77. The van der Waals surface area contributed by atoms with Crippen molar-refractivity contribution in [3.63, 3.8) is 0 Å². The Balaban J connectivity index is 1.61. The Kier molecular flexibility index (Phi) is 4.92. The first-order valence-electron chi connectivity index (χ1n) is 8.15. The summed E-state index contributed by atoms with van der Waals surface area (Å²) in [6.07, 6.45) is 1.77. The number of urea groups is 1. The molecule has 136 valence electrons. The highest BCUT2D eigenvalue weighted by molar-refractivity contribution is 6.22. The number of anilines is 1. The molecule has 0 unspecified atom stereocenters. The molecule has 1 aliphatic heterocycles. The Morgan fingerprint density at radius 3 is 2.58 bits per heavy atom. The number of carbonyl (C=O) groups excluding carboxylic acids is 3. The molecule has 1 saturated heterocycles. The van der Waals surface area contributed by atoms with Gasteiger partial charge in [0.1, 0.15) is 11.8 Å². The lowest BCUT2D eigenvalue weighted by atomic mass is 10.2. The van der Waals surface area contributed by atoms with Gasteiger partial charge in [-0.05, 0) is 36.4 Å². The second kappa shape index (κ2) is 7.30. The first-order chi connectivity index (χ1) is 12.5. The van der Waals surface area contributed by atoms with Gasteiger partial charge in [0.25, 0.3) is 5.91 Å². The monoisotopic (exact) mass is 356 g/mol. The molecule has 8 heteroatoms. The van der Waals surface area contributed by atoms with Gasteiger partial charge in [-0.3, -0.25) is 9.59 Å². The van der Waals surface area contributed by atoms with E-state index in [1.165, 1.54) is 7.11 Å². The van der Waals surface area contributed by atoms with Crippen LogP contribution in [0.4, 0.5) is 10.5 Å². The Bertz CT molecular complexity index is 828. The van der Waals surface area contributed by atoms with Crippen molar-refractivity contribution in [3.05, 3.63) is 48.3 Å². The highest BCUT2D eigenvalue weighted by atomic mass is 16.5. The topological polar surface area (TPSA) is 92.7 Å². The number of ether oxygens (including phenoxy) is 1. The predicted molar refractivity (Wildman–Crippen MR) is 94.7 cm³/mol. The number of amides is 4. The van der Waals surface area contributed by atoms with Gasteiger partial charge >= 0.3 is 6.03 Å². The number of imide groups is 1. The summed E-state index contributed by atoms with van der Waals surface area (Å²) in [5, 5.41) is 5.32. The van der Waals surface area contributed by atoms with Crippen molar-refractivity contribution in [2.45, 2.75) is 19.0 Å². The van der Waals surface area contributed by atoms with Crippen molar-refractivity contribution in [2.75, 3.05) is 12.0 Å². The van der Waals surface area contributed by atoms with E-state index >= 15 is 0 Å². The highest BCUT2D eigenvalue weighted by Gasteiger charge is 2.40. The molecule has 0 bridgehead atoms. The Morgan fingerprint density at radius 1 is 1.23 bits per heavy atom. The van der Waals surface area contributed by atoms with Crippen LogP contribution >= 0.6 is 0 Å². The van der Waals surface area contributed by atoms with Crippen molar-refractivity contribution in [1.82, 2.24) is 15.2 Å². The summed E-state index contributed by atoms with van der Waals surface area (Å²) in [5.41, 5.74) is 1.38. The summed E-state index contributed by atoms with van der Waals surface area (Å²) in [6, 6.07) is 8.93. The predicted octanol–water partition coefficient (Wildman–Crippen LogP) is 1.16. The lowest BCUT2D eigenvalue weighted by Gasteiger charge is -2.13. The summed E-state index contributed by atoms with van der Waals surface area (Å²) in [4.78, 5) is 37.8. The number of nitrogens with one attached hydrogen (secondary N) is 2. The standard InChI is InChI=1S/C18H20N4O4/c1-21-9-3-4-13(21)11-19-16(23)10-15-17(24)22(18(25)20-15)12-5-7-14(26-2)8-6-12/h3-9,15H,10-11H2,1-2H3,(H,19,23)(H,20,25)/t15-/m1/s1. The quantitative estimate of drug-likeness (QED) is 0.760. The number of aryl methyl sites for hydroxylation is 1. The third-order valence-electron chi connectivity index (χ3n) is 4.26. The van der Waals surface area contributed by atoms with Crippen LogP contribution < -0.4 is 20.3 Å². The minimum Gasteiger partial charge on any atom is -0.497 e. The molecule has 0 spiro atoms. The summed E-state index contributed by atoms with van der Waals surface area (Å²) in [6.45, 7) is 0.361. The third-order valence-corrected chi connectivity index (χ3v) is 4.26. The zero-order chi connectivity index (χ0) is 18.7. The van der Waals surface area contributed by atoms with Gasteiger partial charge in [0.15, 0.2) is 0 Å². The van der Waals surface area contributed by atoms with Crippen LogP contribution in [0, 0.1) is 0 Å². The number of hydrogen-bond acceptors (Lipinski definition) is 4. The SMILES string of the molecule is COc1ccc(N2C(=O)N[C@H](CC(=O)NCc3cccn3C)C2=O)cc1. The molecule has 1 aromatic carbocycles. The van der Waals surface area contributed by atoms with Crippen molar-refractivity contribution < 1.29 is 19.1 Å². The third kappa shape index (κ3) is 3.53. The Hall–Kier alpha value is -3.29. The number of rotatable bonds is 6. The van der Waals surface area contributed by atoms with E-state index in [1.54, 1.807) is 24.3 Å². The molecule has 0 saturated carbocycles. The van der Waals surface area contributed by atoms with Crippen molar-refractivity contribution >= 4 is 23.5 Å². The lowest BCUT2D eigenvalue weighted by molar-refractivity contribution is -0.125. The van der Waals surface area contributed by atoms with Crippen molar-refractivity contribution in [1.29, 1.82) is 0 Å². The highest BCUT2D eigenvalue weighted by Crippen LogP contribution is 2.23. The number of methoxy groups -OCH3 is 1. The fourth-order valence-corrected chi connectivity index (χ4v) is 2.77. The maximum atomic E-state index is 12.5. The molecule has 0 radical (unpaired) electrons. The first kappa shape index (κ1) is 17.5. The number of aromatic nitrogens is 1. The van der Waals surface area contributed by atoms with Gasteiger partial charge in [0.2, 0.25) is 5.91 Å². The van der Waals surface area contributed by atoms with Crippen molar-refractivity contribution in [3.8, 4) is 5.75 Å². The molecule has 4 amide bonds.